The van der Waals surface area contributed by atoms with Crippen LogP contribution in [0.25, 0.3) is 0 Å². The number of alkyl halides is 6. The Morgan fingerprint density at radius 2 is 1.81 bits per heavy atom. The van der Waals surface area contributed by atoms with E-state index in [1.54, 1.807) is 0 Å². The molecule has 5 nitrogen and oxygen atoms in total. The normalized spacial score (nSPS) is 17.7. The first kappa shape index (κ1) is 26.8. The molecule has 3 rings (SSSR count). The van der Waals surface area contributed by atoms with Crippen LogP contribution in [0.1, 0.15) is 35.2 Å². The number of nitrogens with one attached hydrogen (secondary N) is 1. The zero-order valence-electron chi connectivity index (χ0n) is 19.4. The van der Waals surface area contributed by atoms with E-state index < -0.39 is 35.5 Å². The number of rotatable bonds is 6. The third kappa shape index (κ3) is 5.72. The highest BCUT2D eigenvalue weighted by molar-refractivity contribution is 5.96. The number of nitrogens with zero attached hydrogens (tertiary/aromatic N) is 2. The maximum atomic E-state index is 13.8. The number of guanidine groups is 1. The predicted octanol–water partition coefficient (Wildman–Crippen LogP) is 5.86. The summed E-state index contributed by atoms with van der Waals surface area (Å²) in [5.74, 6) is -0.821. The number of carbonyl (C=O) groups is 1. The lowest BCUT2D eigenvalue weighted by molar-refractivity contribution is -0.140. The number of ether oxygens (including phenoxy) is 1. The molecule has 2 aromatic rings. The van der Waals surface area contributed by atoms with Crippen molar-refractivity contribution in [3.63, 3.8) is 0 Å². The fraction of sp³-hybridized carbons (Fsp3) is 0.280. The summed E-state index contributed by atoms with van der Waals surface area (Å²) in [6.45, 7) is 4.98. The Morgan fingerprint density at radius 1 is 1.11 bits per heavy atom. The highest BCUT2D eigenvalue weighted by atomic mass is 19.4. The molecule has 36 heavy (non-hydrogen) atoms. The first-order valence-electron chi connectivity index (χ1n) is 10.7. The van der Waals surface area contributed by atoms with Gasteiger partial charge in [-0.15, -0.1) is 6.58 Å². The van der Waals surface area contributed by atoms with Gasteiger partial charge in [-0.3, -0.25) is 0 Å². The summed E-state index contributed by atoms with van der Waals surface area (Å²) in [6, 6.07) is 8.11. The molecule has 1 aliphatic heterocycles. The molecule has 0 saturated carbocycles. The summed E-state index contributed by atoms with van der Waals surface area (Å²) in [4.78, 5) is 18.5. The van der Waals surface area contributed by atoms with Gasteiger partial charge < -0.3 is 15.0 Å². The van der Waals surface area contributed by atoms with Gasteiger partial charge in [-0.2, -0.15) is 26.3 Å². The van der Waals surface area contributed by atoms with Crippen molar-refractivity contribution in [1.29, 1.82) is 0 Å². The van der Waals surface area contributed by atoms with E-state index in [1.165, 1.54) is 48.2 Å². The molecular weight excluding hydrogens is 488 g/mol. The van der Waals surface area contributed by atoms with Crippen molar-refractivity contribution in [3.8, 4) is 0 Å². The van der Waals surface area contributed by atoms with E-state index in [9.17, 15) is 31.1 Å². The van der Waals surface area contributed by atoms with Crippen LogP contribution < -0.4 is 5.32 Å². The molecule has 1 atom stereocenters. The number of halogens is 6. The quantitative estimate of drug-likeness (QED) is 0.300. The van der Waals surface area contributed by atoms with Crippen LogP contribution in [0.5, 0.6) is 0 Å². The number of methoxy groups -OCH3 is 1. The van der Waals surface area contributed by atoms with Crippen LogP contribution in [0.3, 0.4) is 0 Å². The Morgan fingerprint density at radius 3 is 2.42 bits per heavy atom. The highest BCUT2D eigenvalue weighted by Crippen LogP contribution is 2.40. The van der Waals surface area contributed by atoms with Crippen molar-refractivity contribution in [2.75, 3.05) is 13.7 Å². The van der Waals surface area contributed by atoms with Gasteiger partial charge in [-0.05, 0) is 36.2 Å². The lowest BCUT2D eigenvalue weighted by atomic mass is 9.91. The average Bonchev–Trinajstić information content (AvgIpc) is 2.83. The van der Waals surface area contributed by atoms with Crippen molar-refractivity contribution in [3.05, 3.63) is 94.7 Å². The zero-order valence-corrected chi connectivity index (χ0v) is 19.4. The topological polar surface area (TPSA) is 53.9 Å². The summed E-state index contributed by atoms with van der Waals surface area (Å²) in [6.07, 6.45) is -7.82. The van der Waals surface area contributed by atoms with Gasteiger partial charge in [0.05, 0.1) is 42.9 Å². The lowest BCUT2D eigenvalue weighted by Gasteiger charge is -2.38. The van der Waals surface area contributed by atoms with Gasteiger partial charge in [-0.1, -0.05) is 36.4 Å². The number of allylic oxidation sites excluding steroid dienone is 1. The Kier molecular flexibility index (Phi) is 7.80. The molecule has 1 N–H and O–H groups in total. The monoisotopic (exact) mass is 511 g/mol. The van der Waals surface area contributed by atoms with Crippen LogP contribution in [0.15, 0.2) is 77.4 Å². The summed E-state index contributed by atoms with van der Waals surface area (Å²) in [5.41, 5.74) is -1.74. The smallest absolute Gasteiger partial charge is 0.416 e. The zero-order chi connectivity index (χ0) is 26.7. The van der Waals surface area contributed by atoms with Crippen molar-refractivity contribution in [2.24, 2.45) is 4.99 Å². The van der Waals surface area contributed by atoms with E-state index in [-0.39, 0.29) is 41.4 Å². The van der Waals surface area contributed by atoms with E-state index in [4.69, 9.17) is 4.74 Å². The lowest BCUT2D eigenvalue weighted by Crippen LogP contribution is -2.49. The maximum absolute atomic E-state index is 13.8. The minimum atomic E-state index is -4.71. The van der Waals surface area contributed by atoms with Crippen molar-refractivity contribution in [1.82, 2.24) is 10.2 Å². The number of aliphatic imine (C=N–C) groups is 1. The third-order valence-electron chi connectivity index (χ3n) is 5.56. The Balaban J connectivity index is 2.18. The molecule has 0 saturated heterocycles. The Hall–Kier alpha value is -3.76. The molecule has 1 unspecified atom stereocenters. The Bertz CT molecular complexity index is 1200. The molecule has 1 aliphatic rings. The molecule has 1 heterocycles. The van der Waals surface area contributed by atoms with Crippen LogP contribution in [-0.4, -0.2) is 30.5 Å². The molecule has 0 aromatic heterocycles. The van der Waals surface area contributed by atoms with Gasteiger partial charge in [0.25, 0.3) is 0 Å². The van der Waals surface area contributed by atoms with Crippen LogP contribution in [0.2, 0.25) is 0 Å². The largest absolute Gasteiger partial charge is 0.466 e. The van der Waals surface area contributed by atoms with E-state index >= 15 is 0 Å². The number of carbonyl (C=O) groups excluding carboxylic acids is 1. The predicted molar refractivity (Wildman–Crippen MR) is 122 cm³/mol. The van der Waals surface area contributed by atoms with E-state index in [1.807, 2.05) is 0 Å². The average molecular weight is 511 g/mol. The maximum Gasteiger partial charge on any atom is 0.416 e. The molecule has 0 bridgehead atoms. The number of esters is 1. The second-order valence-corrected chi connectivity index (χ2v) is 7.89. The van der Waals surface area contributed by atoms with E-state index in [0.29, 0.717) is 0 Å². The third-order valence-corrected chi connectivity index (χ3v) is 5.56. The summed E-state index contributed by atoms with van der Waals surface area (Å²) in [5, 5.41) is 2.88. The van der Waals surface area contributed by atoms with E-state index in [0.717, 1.165) is 25.3 Å². The number of benzene rings is 2. The fourth-order valence-electron chi connectivity index (χ4n) is 3.91. The highest BCUT2D eigenvalue weighted by Gasteiger charge is 2.41. The minimum absolute atomic E-state index is 0.0654. The molecule has 0 fully saturated rings. The summed E-state index contributed by atoms with van der Waals surface area (Å²) < 4.78 is 86.0. The van der Waals surface area contributed by atoms with Crippen LogP contribution >= 0.6 is 0 Å². The molecular formula is C25H23F6N3O2. The number of hydrogen-bond donors (Lipinski definition) is 1. The number of hydrogen-bond acceptors (Lipinski definition) is 3. The van der Waals surface area contributed by atoms with Gasteiger partial charge in [0.2, 0.25) is 0 Å². The second kappa shape index (κ2) is 10.5. The van der Waals surface area contributed by atoms with Crippen molar-refractivity contribution in [2.45, 2.75) is 31.9 Å². The first-order valence-corrected chi connectivity index (χ1v) is 10.7. The van der Waals surface area contributed by atoms with Gasteiger partial charge in [0, 0.05) is 5.70 Å². The summed E-state index contributed by atoms with van der Waals surface area (Å²) >= 11 is 0. The van der Waals surface area contributed by atoms with Crippen LogP contribution in [0, 0.1) is 0 Å². The Labute approximate surface area is 203 Å². The SMILES string of the molecule is C=CCN=C1NC(c2ccccc2C(F)(F)F)C(C(=O)OC)=C(C)N1Cc1cccc(C(F)(F)F)c1. The molecule has 0 amide bonds. The molecule has 0 aliphatic carbocycles. The molecule has 0 spiro atoms. The minimum Gasteiger partial charge on any atom is -0.466 e. The molecule has 11 heteroatoms. The van der Waals surface area contributed by atoms with Crippen LogP contribution in [0.4, 0.5) is 26.3 Å². The standard InChI is InChI=1S/C25H23F6N3O2/c1-4-12-32-23-33-21(18-10-5-6-11-19(18)25(29,30)31)20(22(35)36-3)15(2)34(23)14-16-8-7-9-17(13-16)24(26,27)28/h4-11,13,21H,1,12,14H2,2-3H3,(H,32,33). The summed E-state index contributed by atoms with van der Waals surface area (Å²) in [7, 11) is 1.09. The fourth-order valence-corrected chi connectivity index (χ4v) is 3.91. The first-order chi connectivity index (χ1) is 16.9. The van der Waals surface area contributed by atoms with Gasteiger partial charge in [0.15, 0.2) is 5.96 Å². The second-order valence-electron chi connectivity index (χ2n) is 7.89. The van der Waals surface area contributed by atoms with Crippen molar-refractivity contribution < 1.29 is 35.9 Å². The molecule has 2 aromatic carbocycles. The van der Waals surface area contributed by atoms with Crippen molar-refractivity contribution >= 4 is 11.9 Å². The van der Waals surface area contributed by atoms with Gasteiger partial charge in [-0.25, -0.2) is 9.79 Å². The molecule has 0 radical (unpaired) electrons. The van der Waals surface area contributed by atoms with Crippen LogP contribution in [-0.2, 0) is 28.4 Å². The van der Waals surface area contributed by atoms with E-state index in [2.05, 4.69) is 16.9 Å². The molecule has 192 valence electrons. The van der Waals surface area contributed by atoms with Gasteiger partial charge in [0.1, 0.15) is 0 Å². The van der Waals surface area contributed by atoms with Gasteiger partial charge >= 0.3 is 18.3 Å².